The maximum Gasteiger partial charge on any atom is 0.387 e. The summed E-state index contributed by atoms with van der Waals surface area (Å²) in [5.41, 5.74) is 2.04. The first kappa shape index (κ1) is 38.2. The number of sulfonamides is 1. The number of nitrogens with zero attached hydrogens (tertiary/aromatic N) is 2. The molecule has 1 saturated carbocycles. The molecular formula is C40H35Cl2F2N3O7S. The molecule has 1 N–H and O–H groups in total. The molecule has 4 aromatic carbocycles. The predicted molar refractivity (Wildman–Crippen MR) is 209 cm³/mol. The van der Waals surface area contributed by atoms with Crippen molar-refractivity contribution in [3.8, 4) is 17.2 Å². The average molecular weight is 811 g/mol. The fourth-order valence-corrected chi connectivity index (χ4v) is 8.17. The summed E-state index contributed by atoms with van der Waals surface area (Å²) in [7, 11) is -2.12. The van der Waals surface area contributed by atoms with E-state index in [1.807, 2.05) is 48.5 Å². The summed E-state index contributed by atoms with van der Waals surface area (Å²) in [5, 5.41) is 0.535. The molecule has 286 valence electrons. The molecule has 0 bridgehead atoms. The molecule has 55 heavy (non-hydrogen) atoms. The molecule has 15 heteroatoms. The van der Waals surface area contributed by atoms with Gasteiger partial charge in [0.25, 0.3) is 5.91 Å². The first-order valence-electron chi connectivity index (χ1n) is 17.3. The number of anilines is 2. The lowest BCUT2D eigenvalue weighted by molar-refractivity contribution is -0.0493. The number of methoxy groups -OCH3 is 1. The number of aromatic nitrogens is 1. The predicted octanol–water partition coefficient (Wildman–Crippen LogP) is 10.1. The van der Waals surface area contributed by atoms with Gasteiger partial charge >= 0.3 is 6.61 Å². The topological polar surface area (TPSA) is 120 Å². The number of halogens is 4. The molecule has 0 aliphatic heterocycles. The minimum absolute atomic E-state index is 0.0163. The number of carbonyl (C=O) groups excluding carboxylic acids is 1. The van der Waals surface area contributed by atoms with Crippen LogP contribution in [-0.4, -0.2) is 51.9 Å². The molecule has 1 atom stereocenters. The smallest absolute Gasteiger partial charge is 0.387 e. The second kappa shape index (κ2) is 15.9. The van der Waals surface area contributed by atoms with Crippen molar-refractivity contribution in [2.45, 2.75) is 44.3 Å². The van der Waals surface area contributed by atoms with Crippen molar-refractivity contribution < 1.29 is 40.6 Å². The van der Waals surface area contributed by atoms with Crippen LogP contribution in [0.3, 0.4) is 0 Å². The van der Waals surface area contributed by atoms with Crippen molar-refractivity contribution in [2.24, 2.45) is 0 Å². The standard InChI is InChI=1S/C40H35Cl2F2N3O7S/c1-51-33-15-12-24(18-35(33)52-26-10-6-7-11-26)29(23-8-4-3-5-9-23)22-47(37-30(41)20-45-21-31(37)42)39(48)27-14-17-34(54-40(43)44)38-36(27)28-19-25(46-55(2,49)50)13-16-32(28)53-38/h3-5,8-9,12-21,26,29,40,46H,6-7,10-11,22H2,1-2H3. The third-order valence-corrected chi connectivity index (χ3v) is 10.6. The van der Waals surface area contributed by atoms with E-state index >= 15 is 4.79 Å². The summed E-state index contributed by atoms with van der Waals surface area (Å²) >= 11 is 13.6. The highest BCUT2D eigenvalue weighted by Crippen LogP contribution is 2.43. The number of hydrogen-bond donors (Lipinski definition) is 1. The largest absolute Gasteiger partial charge is 0.493 e. The Morgan fingerprint density at radius 3 is 2.33 bits per heavy atom. The number of ether oxygens (including phenoxy) is 3. The fourth-order valence-electron chi connectivity index (χ4n) is 7.04. The van der Waals surface area contributed by atoms with Gasteiger partial charge in [0.1, 0.15) is 5.58 Å². The number of nitrogens with one attached hydrogen (secondary N) is 1. The number of fused-ring (bicyclic) bond motifs is 3. The van der Waals surface area contributed by atoms with Crippen LogP contribution in [0.5, 0.6) is 17.2 Å². The highest BCUT2D eigenvalue weighted by atomic mass is 35.5. The Morgan fingerprint density at radius 1 is 0.945 bits per heavy atom. The van der Waals surface area contributed by atoms with Gasteiger partial charge in [0, 0.05) is 41.3 Å². The Labute approximate surface area is 325 Å². The second-order valence-electron chi connectivity index (χ2n) is 13.1. The molecule has 10 nitrogen and oxygen atoms in total. The summed E-state index contributed by atoms with van der Waals surface area (Å²) in [6.07, 6.45) is 7.79. The highest BCUT2D eigenvalue weighted by molar-refractivity contribution is 7.92. The minimum atomic E-state index is -3.70. The number of rotatable bonds is 13. The normalized spacial score (nSPS) is 14.0. The summed E-state index contributed by atoms with van der Waals surface area (Å²) in [6, 6.07) is 22.2. The first-order chi connectivity index (χ1) is 26.4. The molecule has 0 radical (unpaired) electrons. The van der Waals surface area contributed by atoms with Crippen molar-refractivity contribution in [1.82, 2.24) is 4.98 Å². The van der Waals surface area contributed by atoms with Gasteiger partial charge in [-0.05, 0) is 79.3 Å². The van der Waals surface area contributed by atoms with E-state index in [9.17, 15) is 17.2 Å². The van der Waals surface area contributed by atoms with Crippen LogP contribution in [0.1, 0.15) is 53.1 Å². The molecule has 2 aromatic heterocycles. The zero-order valence-electron chi connectivity index (χ0n) is 29.6. The van der Waals surface area contributed by atoms with Gasteiger partial charge in [0.05, 0.1) is 40.8 Å². The molecule has 1 fully saturated rings. The molecule has 1 aliphatic rings. The molecular weight excluding hydrogens is 775 g/mol. The maximum atomic E-state index is 15.2. The van der Waals surface area contributed by atoms with Crippen LogP contribution in [0.4, 0.5) is 20.2 Å². The van der Waals surface area contributed by atoms with Crippen LogP contribution in [0.15, 0.2) is 95.7 Å². The zero-order valence-corrected chi connectivity index (χ0v) is 31.9. The molecule has 7 rings (SSSR count). The van der Waals surface area contributed by atoms with Gasteiger partial charge in [-0.25, -0.2) is 8.42 Å². The van der Waals surface area contributed by atoms with Crippen LogP contribution in [-0.2, 0) is 10.0 Å². The number of benzene rings is 4. The SMILES string of the molecule is COc1ccc(C(CN(C(=O)c2ccc(OC(F)F)c3oc4ccc(NS(C)(=O)=O)cc4c23)c2c(Cl)cncc2Cl)c2ccccc2)cc1OC1CCCC1. The fraction of sp³-hybridized carbons (Fsp3) is 0.250. The van der Waals surface area contributed by atoms with E-state index in [1.54, 1.807) is 7.11 Å². The molecule has 2 heterocycles. The summed E-state index contributed by atoms with van der Waals surface area (Å²) < 4.78 is 76.9. The van der Waals surface area contributed by atoms with Crippen LogP contribution < -0.4 is 23.8 Å². The van der Waals surface area contributed by atoms with E-state index < -0.39 is 28.5 Å². The molecule has 6 aromatic rings. The van der Waals surface area contributed by atoms with Crippen molar-refractivity contribution in [1.29, 1.82) is 0 Å². The number of alkyl halides is 2. The quantitative estimate of drug-likeness (QED) is 0.122. The third-order valence-electron chi connectivity index (χ3n) is 9.43. The maximum absolute atomic E-state index is 15.2. The first-order valence-corrected chi connectivity index (χ1v) is 20.0. The monoisotopic (exact) mass is 809 g/mol. The molecule has 0 spiro atoms. The van der Waals surface area contributed by atoms with Crippen molar-refractivity contribution >= 4 is 72.4 Å². The number of pyridine rings is 1. The average Bonchev–Trinajstić information content (AvgIpc) is 3.80. The van der Waals surface area contributed by atoms with Crippen molar-refractivity contribution in [3.05, 3.63) is 118 Å². The minimum Gasteiger partial charge on any atom is -0.493 e. The van der Waals surface area contributed by atoms with Crippen LogP contribution in [0.25, 0.3) is 21.9 Å². The van der Waals surface area contributed by atoms with Crippen molar-refractivity contribution in [2.75, 3.05) is 29.5 Å². The van der Waals surface area contributed by atoms with Crippen molar-refractivity contribution in [3.63, 3.8) is 0 Å². The van der Waals surface area contributed by atoms with Crippen LogP contribution in [0, 0.1) is 0 Å². The molecule has 1 unspecified atom stereocenters. The van der Waals surface area contributed by atoms with E-state index in [0.717, 1.165) is 43.1 Å². The van der Waals surface area contributed by atoms with E-state index in [0.29, 0.717) is 11.5 Å². The Balaban J connectivity index is 1.41. The lowest BCUT2D eigenvalue weighted by Gasteiger charge is -2.30. The van der Waals surface area contributed by atoms with Gasteiger partial charge < -0.3 is 23.5 Å². The lowest BCUT2D eigenvalue weighted by Crippen LogP contribution is -2.36. The summed E-state index contributed by atoms with van der Waals surface area (Å²) in [5.74, 6) is -0.293. The third kappa shape index (κ3) is 8.29. The summed E-state index contributed by atoms with van der Waals surface area (Å²) in [4.78, 5) is 20.8. The number of hydrogen-bond acceptors (Lipinski definition) is 8. The zero-order chi connectivity index (χ0) is 38.9. The molecule has 0 saturated heterocycles. The van der Waals surface area contributed by atoms with Crippen LogP contribution in [0.2, 0.25) is 10.0 Å². The van der Waals surface area contributed by atoms with E-state index in [4.69, 9.17) is 41.8 Å². The number of furan rings is 1. The van der Waals surface area contributed by atoms with E-state index in [1.165, 1.54) is 47.6 Å². The Kier molecular flexibility index (Phi) is 11.1. The van der Waals surface area contributed by atoms with Gasteiger partial charge in [0.15, 0.2) is 22.8 Å². The molecule has 1 amide bonds. The van der Waals surface area contributed by atoms with Gasteiger partial charge in [-0.1, -0.05) is 59.6 Å². The van der Waals surface area contributed by atoms with Gasteiger partial charge in [-0.15, -0.1) is 0 Å². The number of carbonyl (C=O) groups is 1. The summed E-state index contributed by atoms with van der Waals surface area (Å²) in [6.45, 7) is -3.22. The van der Waals surface area contributed by atoms with Crippen LogP contribution >= 0.6 is 23.2 Å². The number of amides is 1. The Hall–Kier alpha value is -5.11. The van der Waals surface area contributed by atoms with Gasteiger partial charge in [-0.3, -0.25) is 14.5 Å². The second-order valence-corrected chi connectivity index (χ2v) is 15.7. The van der Waals surface area contributed by atoms with Gasteiger partial charge in [0.2, 0.25) is 10.0 Å². The Morgan fingerprint density at radius 2 is 1.65 bits per heavy atom. The molecule has 1 aliphatic carbocycles. The Bertz CT molecular complexity index is 2460. The van der Waals surface area contributed by atoms with E-state index in [-0.39, 0.29) is 67.3 Å². The lowest BCUT2D eigenvalue weighted by atomic mass is 9.90. The van der Waals surface area contributed by atoms with E-state index in [2.05, 4.69) is 9.71 Å². The highest BCUT2D eigenvalue weighted by Gasteiger charge is 2.32. The van der Waals surface area contributed by atoms with Gasteiger partial charge in [-0.2, -0.15) is 8.78 Å².